The van der Waals surface area contributed by atoms with Gasteiger partial charge < -0.3 is 5.32 Å². The van der Waals surface area contributed by atoms with Gasteiger partial charge in [-0.05, 0) is 36.1 Å². The smallest absolute Gasteiger partial charge is 0.151 e. The fraction of sp³-hybridized carbons (Fsp3) is 0.235. The van der Waals surface area contributed by atoms with Crippen molar-refractivity contribution in [1.29, 1.82) is 0 Å². The zero-order valence-corrected chi connectivity index (χ0v) is 11.3. The van der Waals surface area contributed by atoms with Crippen molar-refractivity contribution in [3.63, 3.8) is 0 Å². The molecule has 1 aromatic heterocycles. The molecule has 1 aliphatic rings. The minimum atomic E-state index is 1.02. The molecule has 1 aliphatic heterocycles. The van der Waals surface area contributed by atoms with Crippen molar-refractivity contribution in [2.24, 2.45) is 0 Å². The van der Waals surface area contributed by atoms with Crippen molar-refractivity contribution in [2.75, 3.05) is 11.9 Å². The number of H-pyrrole nitrogens is 1. The van der Waals surface area contributed by atoms with Gasteiger partial charge in [-0.25, -0.2) is 0 Å². The summed E-state index contributed by atoms with van der Waals surface area (Å²) in [6.45, 7) is 1.02. The molecule has 0 amide bonds. The maximum absolute atomic E-state index is 4.44. The second-order valence-electron chi connectivity index (χ2n) is 5.37. The van der Waals surface area contributed by atoms with Crippen molar-refractivity contribution in [3.8, 4) is 11.3 Å². The molecule has 4 rings (SSSR count). The third-order valence-electron chi connectivity index (χ3n) is 4.05. The van der Waals surface area contributed by atoms with Crippen LogP contribution in [0.1, 0.15) is 18.4 Å². The van der Waals surface area contributed by atoms with Gasteiger partial charge in [-0.3, -0.25) is 5.10 Å². The molecule has 0 saturated carbocycles. The normalized spacial score (nSPS) is 14.6. The molecular weight excluding hydrogens is 246 g/mol. The van der Waals surface area contributed by atoms with Crippen LogP contribution in [0.5, 0.6) is 0 Å². The quantitative estimate of drug-likeness (QED) is 0.697. The van der Waals surface area contributed by atoms with Gasteiger partial charge in [0.2, 0.25) is 0 Å². The monoisotopic (exact) mass is 263 g/mol. The zero-order valence-electron chi connectivity index (χ0n) is 11.3. The minimum absolute atomic E-state index is 1.02. The van der Waals surface area contributed by atoms with Gasteiger partial charge in [-0.2, -0.15) is 5.10 Å². The number of rotatable bonds is 1. The topological polar surface area (TPSA) is 40.7 Å². The molecule has 0 unspecified atom stereocenters. The summed E-state index contributed by atoms with van der Waals surface area (Å²) in [4.78, 5) is 0. The van der Waals surface area contributed by atoms with E-state index in [4.69, 9.17) is 0 Å². The molecule has 0 aliphatic carbocycles. The van der Waals surface area contributed by atoms with E-state index in [0.717, 1.165) is 18.8 Å². The molecule has 3 heteroatoms. The van der Waals surface area contributed by atoms with Crippen molar-refractivity contribution in [3.05, 3.63) is 48.0 Å². The molecule has 20 heavy (non-hydrogen) atoms. The van der Waals surface area contributed by atoms with Crippen molar-refractivity contribution in [2.45, 2.75) is 19.3 Å². The number of hydrogen-bond acceptors (Lipinski definition) is 2. The average molecular weight is 263 g/mol. The number of anilines is 1. The second-order valence-corrected chi connectivity index (χ2v) is 5.37. The minimum Gasteiger partial charge on any atom is -0.368 e. The van der Waals surface area contributed by atoms with E-state index in [1.807, 2.05) is 0 Å². The van der Waals surface area contributed by atoms with E-state index in [0.29, 0.717) is 0 Å². The molecule has 0 bridgehead atoms. The summed E-state index contributed by atoms with van der Waals surface area (Å²) >= 11 is 0. The summed E-state index contributed by atoms with van der Waals surface area (Å²) < 4.78 is 0. The molecule has 2 heterocycles. The summed E-state index contributed by atoms with van der Waals surface area (Å²) in [5, 5.41) is 13.6. The second kappa shape index (κ2) is 4.67. The molecule has 0 spiro atoms. The summed E-state index contributed by atoms with van der Waals surface area (Å²) in [7, 11) is 0. The van der Waals surface area contributed by atoms with Crippen molar-refractivity contribution < 1.29 is 0 Å². The summed E-state index contributed by atoms with van der Waals surface area (Å²) in [5.74, 6) is 1.03. The Bertz CT molecular complexity index is 758. The fourth-order valence-corrected chi connectivity index (χ4v) is 2.97. The lowest BCUT2D eigenvalue weighted by Gasteiger charge is -2.05. The van der Waals surface area contributed by atoms with E-state index >= 15 is 0 Å². The number of aromatic amines is 1. The Morgan fingerprint density at radius 1 is 0.950 bits per heavy atom. The number of nitrogens with zero attached hydrogens (tertiary/aromatic N) is 1. The van der Waals surface area contributed by atoms with Crippen LogP contribution in [0.3, 0.4) is 0 Å². The Morgan fingerprint density at radius 3 is 2.80 bits per heavy atom. The largest absolute Gasteiger partial charge is 0.368 e. The van der Waals surface area contributed by atoms with Gasteiger partial charge in [0.25, 0.3) is 0 Å². The van der Waals surface area contributed by atoms with E-state index in [1.165, 1.54) is 40.4 Å². The third-order valence-corrected chi connectivity index (χ3v) is 4.05. The molecule has 0 fully saturated rings. The Hall–Kier alpha value is -2.29. The number of benzene rings is 2. The number of hydrogen-bond donors (Lipinski definition) is 2. The first-order valence-electron chi connectivity index (χ1n) is 7.22. The van der Waals surface area contributed by atoms with Gasteiger partial charge in [0.15, 0.2) is 5.82 Å². The van der Waals surface area contributed by atoms with Crippen LogP contribution in [0.25, 0.3) is 22.0 Å². The highest BCUT2D eigenvalue weighted by Crippen LogP contribution is 2.31. The van der Waals surface area contributed by atoms with Crippen LogP contribution in [-0.2, 0) is 6.42 Å². The maximum atomic E-state index is 4.44. The predicted octanol–water partition coefficient (Wildman–Crippen LogP) is 3.98. The fourth-order valence-electron chi connectivity index (χ4n) is 2.97. The SMILES string of the molecule is c1ccc2cc(-c3[nH]nc4c3CCCCN4)ccc2c1. The van der Waals surface area contributed by atoms with Crippen LogP contribution < -0.4 is 5.32 Å². The lowest BCUT2D eigenvalue weighted by atomic mass is 10.0. The first-order valence-corrected chi connectivity index (χ1v) is 7.22. The van der Waals surface area contributed by atoms with Crippen molar-refractivity contribution in [1.82, 2.24) is 10.2 Å². The number of nitrogens with one attached hydrogen (secondary N) is 2. The Morgan fingerprint density at radius 2 is 1.85 bits per heavy atom. The highest BCUT2D eigenvalue weighted by molar-refractivity contribution is 5.87. The van der Waals surface area contributed by atoms with Gasteiger partial charge in [0.05, 0.1) is 5.69 Å². The maximum Gasteiger partial charge on any atom is 0.151 e. The highest BCUT2D eigenvalue weighted by atomic mass is 15.2. The Balaban J connectivity index is 1.84. The van der Waals surface area contributed by atoms with Crippen LogP contribution in [0.4, 0.5) is 5.82 Å². The molecule has 3 aromatic rings. The van der Waals surface area contributed by atoms with E-state index in [1.54, 1.807) is 0 Å². The van der Waals surface area contributed by atoms with Gasteiger partial charge in [-0.1, -0.05) is 36.4 Å². The van der Waals surface area contributed by atoms with Gasteiger partial charge in [0, 0.05) is 17.7 Å². The summed E-state index contributed by atoms with van der Waals surface area (Å²) in [6.07, 6.45) is 3.54. The zero-order chi connectivity index (χ0) is 13.4. The Labute approximate surface area is 118 Å². The molecule has 100 valence electrons. The van der Waals surface area contributed by atoms with E-state index in [-0.39, 0.29) is 0 Å². The van der Waals surface area contributed by atoms with Gasteiger partial charge >= 0.3 is 0 Å². The first-order chi connectivity index (χ1) is 9.92. The predicted molar refractivity (Wildman–Crippen MR) is 83.0 cm³/mol. The molecule has 2 aromatic carbocycles. The van der Waals surface area contributed by atoms with Crippen LogP contribution in [0, 0.1) is 0 Å². The van der Waals surface area contributed by atoms with Crippen LogP contribution >= 0.6 is 0 Å². The molecule has 2 N–H and O–H groups in total. The first kappa shape index (κ1) is 11.5. The van der Waals surface area contributed by atoms with Crippen LogP contribution in [-0.4, -0.2) is 16.7 Å². The Kier molecular flexibility index (Phi) is 2.69. The average Bonchev–Trinajstić information content (AvgIpc) is 2.75. The lowest BCUT2D eigenvalue weighted by molar-refractivity contribution is 0.783. The van der Waals surface area contributed by atoms with Gasteiger partial charge in [0.1, 0.15) is 0 Å². The van der Waals surface area contributed by atoms with Crippen LogP contribution in [0.15, 0.2) is 42.5 Å². The molecule has 0 radical (unpaired) electrons. The highest BCUT2D eigenvalue weighted by Gasteiger charge is 2.16. The van der Waals surface area contributed by atoms with Gasteiger partial charge in [-0.15, -0.1) is 0 Å². The summed E-state index contributed by atoms with van der Waals surface area (Å²) in [5.41, 5.74) is 3.72. The van der Waals surface area contributed by atoms with Crippen LogP contribution in [0.2, 0.25) is 0 Å². The third kappa shape index (κ3) is 1.86. The molecule has 3 nitrogen and oxygen atoms in total. The standard InChI is InChI=1S/C17H17N3/c1-2-6-13-11-14(9-8-12(13)5-1)16-15-7-3-4-10-18-17(15)20-19-16/h1-2,5-6,8-9,11H,3-4,7,10H2,(H2,18,19,20). The van der Waals surface area contributed by atoms with E-state index in [9.17, 15) is 0 Å². The van der Waals surface area contributed by atoms with Crippen molar-refractivity contribution >= 4 is 16.6 Å². The van der Waals surface area contributed by atoms with E-state index < -0.39 is 0 Å². The number of aromatic nitrogens is 2. The van der Waals surface area contributed by atoms with E-state index in [2.05, 4.69) is 58.0 Å². The lowest BCUT2D eigenvalue weighted by Crippen LogP contribution is -1.99. The molecule has 0 saturated heterocycles. The summed E-state index contributed by atoms with van der Waals surface area (Å²) in [6, 6.07) is 15.1. The number of fused-ring (bicyclic) bond motifs is 2. The molecule has 0 atom stereocenters. The molecular formula is C17H17N3.